The van der Waals surface area contributed by atoms with Gasteiger partial charge in [0.25, 0.3) is 5.69 Å². The summed E-state index contributed by atoms with van der Waals surface area (Å²) < 4.78 is 0. The van der Waals surface area contributed by atoms with Gasteiger partial charge in [0.05, 0.1) is 21.7 Å². The van der Waals surface area contributed by atoms with Crippen LogP contribution in [0, 0.1) is 16.0 Å². The Bertz CT molecular complexity index is 866. The van der Waals surface area contributed by atoms with Crippen LogP contribution in [0.4, 0.5) is 11.4 Å². The number of benzene rings is 2. The lowest BCUT2D eigenvalue weighted by Gasteiger charge is -2.37. The van der Waals surface area contributed by atoms with Crippen LogP contribution in [0.3, 0.4) is 0 Å². The summed E-state index contributed by atoms with van der Waals surface area (Å²) in [5, 5.41) is 15.5. The minimum Gasteiger partial charge on any atom is -0.376 e. The molecule has 1 aliphatic heterocycles. The molecule has 6 heteroatoms. The molecule has 122 valence electrons. The zero-order chi connectivity index (χ0) is 16.8. The Kier molecular flexibility index (Phi) is 3.74. The van der Waals surface area contributed by atoms with Gasteiger partial charge in [-0.25, -0.2) is 0 Å². The van der Waals surface area contributed by atoms with Gasteiger partial charge >= 0.3 is 0 Å². The van der Waals surface area contributed by atoms with Crippen LogP contribution >= 0.6 is 23.2 Å². The molecule has 4 nitrogen and oxygen atoms in total. The average Bonchev–Trinajstić information content (AvgIpc) is 3.05. The first-order chi connectivity index (χ1) is 11.6. The summed E-state index contributed by atoms with van der Waals surface area (Å²) in [5.41, 5.74) is 2.88. The van der Waals surface area contributed by atoms with Crippen LogP contribution in [0.5, 0.6) is 0 Å². The zero-order valence-corrected chi connectivity index (χ0v) is 14.1. The van der Waals surface area contributed by atoms with Gasteiger partial charge in [0, 0.05) is 12.0 Å². The van der Waals surface area contributed by atoms with Gasteiger partial charge in [0.1, 0.15) is 5.02 Å². The summed E-state index contributed by atoms with van der Waals surface area (Å²) in [7, 11) is 0. The minimum absolute atomic E-state index is 0.0478. The highest BCUT2D eigenvalue weighted by atomic mass is 35.5. The Morgan fingerprint density at radius 3 is 2.79 bits per heavy atom. The highest BCUT2D eigenvalue weighted by Gasteiger charge is 2.39. The number of nitro groups is 1. The van der Waals surface area contributed by atoms with Gasteiger partial charge in [0.2, 0.25) is 0 Å². The number of hydrogen-bond donors (Lipinski definition) is 1. The van der Waals surface area contributed by atoms with Crippen molar-refractivity contribution in [2.24, 2.45) is 5.92 Å². The predicted molar refractivity (Wildman–Crippen MR) is 95.9 cm³/mol. The van der Waals surface area contributed by atoms with E-state index in [4.69, 9.17) is 23.2 Å². The number of para-hydroxylation sites is 1. The van der Waals surface area contributed by atoms with Crippen molar-refractivity contribution in [3.8, 4) is 0 Å². The quantitative estimate of drug-likeness (QED) is 0.422. The maximum atomic E-state index is 11.2. The first-order valence-corrected chi connectivity index (χ1v) is 8.47. The smallest absolute Gasteiger partial charge is 0.288 e. The fourth-order valence-corrected chi connectivity index (χ4v) is 4.20. The van der Waals surface area contributed by atoms with Crippen molar-refractivity contribution in [2.75, 3.05) is 5.32 Å². The van der Waals surface area contributed by atoms with Crippen LogP contribution in [0.15, 0.2) is 48.6 Å². The van der Waals surface area contributed by atoms with Gasteiger partial charge in [-0.05, 0) is 35.6 Å². The van der Waals surface area contributed by atoms with Crippen molar-refractivity contribution in [1.82, 2.24) is 0 Å². The molecule has 0 fully saturated rings. The predicted octanol–water partition coefficient (Wildman–Crippen LogP) is 5.73. The number of nitrogens with zero attached hydrogens (tertiary/aromatic N) is 1. The first kappa shape index (κ1) is 15.5. The van der Waals surface area contributed by atoms with Crippen molar-refractivity contribution in [1.29, 1.82) is 0 Å². The molecule has 0 spiro atoms. The van der Waals surface area contributed by atoms with E-state index >= 15 is 0 Å². The summed E-state index contributed by atoms with van der Waals surface area (Å²) >= 11 is 12.3. The molecule has 2 aliphatic rings. The molecule has 2 aromatic rings. The lowest BCUT2D eigenvalue weighted by molar-refractivity contribution is -0.384. The molecule has 1 N–H and O–H groups in total. The molecule has 1 heterocycles. The second kappa shape index (κ2) is 5.80. The largest absolute Gasteiger partial charge is 0.376 e. The Labute approximate surface area is 149 Å². The highest BCUT2D eigenvalue weighted by Crippen LogP contribution is 2.51. The van der Waals surface area contributed by atoms with Crippen LogP contribution < -0.4 is 5.32 Å². The van der Waals surface area contributed by atoms with Crippen LogP contribution in [-0.4, -0.2) is 4.92 Å². The molecule has 3 atom stereocenters. The monoisotopic (exact) mass is 360 g/mol. The molecule has 0 bridgehead atoms. The van der Waals surface area contributed by atoms with E-state index in [-0.39, 0.29) is 22.7 Å². The highest BCUT2D eigenvalue weighted by molar-refractivity contribution is 6.33. The van der Waals surface area contributed by atoms with E-state index in [9.17, 15) is 10.1 Å². The molecule has 0 radical (unpaired) electrons. The first-order valence-electron chi connectivity index (χ1n) is 7.71. The number of nitro benzene ring substituents is 1. The van der Waals surface area contributed by atoms with Crippen molar-refractivity contribution in [3.05, 3.63) is 79.8 Å². The van der Waals surface area contributed by atoms with E-state index in [2.05, 4.69) is 23.5 Å². The van der Waals surface area contributed by atoms with Crippen LogP contribution in [0.1, 0.15) is 29.5 Å². The number of allylic oxidation sites excluding steroid dienone is 2. The van der Waals surface area contributed by atoms with E-state index in [0.29, 0.717) is 10.9 Å². The molecule has 0 unspecified atom stereocenters. The van der Waals surface area contributed by atoms with Gasteiger partial charge in [0.15, 0.2) is 0 Å². The van der Waals surface area contributed by atoms with Gasteiger partial charge in [-0.2, -0.15) is 0 Å². The molecule has 0 saturated heterocycles. The summed E-state index contributed by atoms with van der Waals surface area (Å²) in [6, 6.07) is 10.9. The molecule has 0 amide bonds. The SMILES string of the molecule is O=[N+]([O-])c1cc([C@@H]2Nc3c(Cl)cccc3[C@@H]3C=CC[C@H]32)ccc1Cl. The number of hydrogen-bond acceptors (Lipinski definition) is 3. The summed E-state index contributed by atoms with van der Waals surface area (Å²) in [6.45, 7) is 0. The van der Waals surface area contributed by atoms with E-state index in [1.54, 1.807) is 12.1 Å². The molecule has 2 aromatic carbocycles. The zero-order valence-electron chi connectivity index (χ0n) is 12.6. The second-order valence-electron chi connectivity index (χ2n) is 6.15. The molecular formula is C18H14Cl2N2O2. The van der Waals surface area contributed by atoms with Gasteiger partial charge < -0.3 is 5.32 Å². The van der Waals surface area contributed by atoms with Crippen LogP contribution in [0.25, 0.3) is 0 Å². The molecule has 0 aromatic heterocycles. The third-order valence-electron chi connectivity index (χ3n) is 4.87. The fraction of sp³-hybridized carbons (Fsp3) is 0.222. The average molecular weight is 361 g/mol. The maximum absolute atomic E-state index is 11.2. The standard InChI is InChI=1S/C18H14Cl2N2O2/c19-14-8-7-10(9-16(14)22(23)24)17-12-4-1-3-11(12)13-5-2-6-15(20)18(13)21-17/h1-3,5-9,11-12,17,21H,4H2/t11-,12-,17+/m1/s1. The number of anilines is 1. The Hall–Kier alpha value is -2.04. The second-order valence-corrected chi connectivity index (χ2v) is 6.96. The molecule has 24 heavy (non-hydrogen) atoms. The van der Waals surface area contributed by atoms with Crippen molar-refractivity contribution >= 4 is 34.6 Å². The Morgan fingerprint density at radius 2 is 2.00 bits per heavy atom. The fourth-order valence-electron chi connectivity index (χ4n) is 3.78. The lowest BCUT2D eigenvalue weighted by Crippen LogP contribution is -2.29. The third-order valence-corrected chi connectivity index (χ3v) is 5.51. The Morgan fingerprint density at radius 1 is 1.17 bits per heavy atom. The number of nitrogens with one attached hydrogen (secondary N) is 1. The van der Waals surface area contributed by atoms with Gasteiger partial charge in [-0.15, -0.1) is 0 Å². The van der Waals surface area contributed by atoms with Gasteiger partial charge in [-0.3, -0.25) is 10.1 Å². The van der Waals surface area contributed by atoms with E-state index in [0.717, 1.165) is 17.7 Å². The van der Waals surface area contributed by atoms with Crippen LogP contribution in [-0.2, 0) is 0 Å². The molecule has 0 saturated carbocycles. The molecular weight excluding hydrogens is 347 g/mol. The minimum atomic E-state index is -0.444. The van der Waals surface area contributed by atoms with E-state index in [1.165, 1.54) is 5.56 Å². The maximum Gasteiger partial charge on any atom is 0.288 e. The van der Waals surface area contributed by atoms with E-state index < -0.39 is 4.92 Å². The van der Waals surface area contributed by atoms with Crippen molar-refractivity contribution in [2.45, 2.75) is 18.4 Å². The summed E-state index contributed by atoms with van der Waals surface area (Å²) in [6.07, 6.45) is 5.30. The van der Waals surface area contributed by atoms with Crippen LogP contribution in [0.2, 0.25) is 10.0 Å². The summed E-state index contributed by atoms with van der Waals surface area (Å²) in [4.78, 5) is 10.8. The van der Waals surface area contributed by atoms with Gasteiger partial charge in [-0.1, -0.05) is 53.6 Å². The van der Waals surface area contributed by atoms with Crippen molar-refractivity contribution in [3.63, 3.8) is 0 Å². The summed E-state index contributed by atoms with van der Waals surface area (Å²) in [5.74, 6) is 0.566. The molecule has 4 rings (SSSR count). The normalized spacial score (nSPS) is 24.2. The molecule has 1 aliphatic carbocycles. The van der Waals surface area contributed by atoms with Crippen molar-refractivity contribution < 1.29 is 4.92 Å². The Balaban J connectivity index is 1.81. The number of fused-ring (bicyclic) bond motifs is 3. The number of rotatable bonds is 2. The topological polar surface area (TPSA) is 55.2 Å². The number of halogens is 2. The van der Waals surface area contributed by atoms with E-state index in [1.807, 2.05) is 18.2 Å². The lowest BCUT2D eigenvalue weighted by atomic mass is 9.77. The third kappa shape index (κ3) is 2.38.